The molecule has 2 nitrogen and oxygen atoms in total. The van der Waals surface area contributed by atoms with Crippen molar-refractivity contribution in [3.8, 4) is 0 Å². The average molecular weight is 124 g/mol. The van der Waals surface area contributed by atoms with Crippen LogP contribution in [0.5, 0.6) is 0 Å². The van der Waals surface area contributed by atoms with E-state index in [0.717, 1.165) is 5.57 Å². The molecule has 0 atom stereocenters. The predicted molar refractivity (Wildman–Crippen MR) is 41.3 cm³/mol. The van der Waals surface area contributed by atoms with Gasteiger partial charge in [0.05, 0.1) is 0 Å². The lowest BCUT2D eigenvalue weighted by molar-refractivity contribution is 1.34. The number of aliphatic imine (C=N–C) groups is 1. The van der Waals surface area contributed by atoms with E-state index in [1.54, 1.807) is 13.1 Å². The van der Waals surface area contributed by atoms with Gasteiger partial charge in [-0.3, -0.25) is 4.99 Å². The number of hydrogen-bond acceptors (Lipinski definition) is 2. The molecule has 0 aromatic rings. The highest BCUT2D eigenvalue weighted by Crippen LogP contribution is 1.86. The highest BCUT2D eigenvalue weighted by Gasteiger charge is 1.74. The van der Waals surface area contributed by atoms with Gasteiger partial charge in [-0.05, 0) is 20.8 Å². The van der Waals surface area contributed by atoms with E-state index < -0.39 is 0 Å². The molecular weight excluding hydrogens is 112 g/mol. The molecule has 0 aliphatic carbocycles. The zero-order chi connectivity index (χ0) is 7.28. The molecule has 0 aromatic carbocycles. The van der Waals surface area contributed by atoms with Gasteiger partial charge in [-0.1, -0.05) is 5.57 Å². The van der Waals surface area contributed by atoms with E-state index in [-0.39, 0.29) is 0 Å². The normalized spacial score (nSPS) is 9.67. The Morgan fingerprint density at radius 2 is 1.89 bits per heavy atom. The van der Waals surface area contributed by atoms with E-state index in [1.165, 1.54) is 6.21 Å². The number of nitrogens with one attached hydrogen (secondary N) is 1. The maximum Gasteiger partial charge on any atom is 0.0473 e. The molecule has 0 aromatic heterocycles. The maximum atomic E-state index is 6.96. The molecule has 0 amide bonds. The zero-order valence-electron chi connectivity index (χ0n) is 6.10. The van der Waals surface area contributed by atoms with Crippen LogP contribution in [0.3, 0.4) is 0 Å². The van der Waals surface area contributed by atoms with Crippen molar-refractivity contribution in [2.75, 3.05) is 0 Å². The Kier molecular flexibility index (Phi) is 3.60. The van der Waals surface area contributed by atoms with Gasteiger partial charge in [0.2, 0.25) is 0 Å². The van der Waals surface area contributed by atoms with E-state index in [1.807, 2.05) is 13.8 Å². The van der Waals surface area contributed by atoms with Gasteiger partial charge in [-0.2, -0.15) is 0 Å². The van der Waals surface area contributed by atoms with Gasteiger partial charge in [0.15, 0.2) is 0 Å². The smallest absolute Gasteiger partial charge is 0.0473 e. The van der Waals surface area contributed by atoms with Crippen molar-refractivity contribution in [1.82, 2.24) is 0 Å². The van der Waals surface area contributed by atoms with Gasteiger partial charge >= 0.3 is 0 Å². The Morgan fingerprint density at radius 1 is 1.33 bits per heavy atom. The van der Waals surface area contributed by atoms with Crippen LogP contribution in [0.15, 0.2) is 16.8 Å². The third kappa shape index (κ3) is 7.08. The summed E-state index contributed by atoms with van der Waals surface area (Å²) in [6, 6.07) is 0. The minimum absolute atomic E-state index is 0.479. The largest absolute Gasteiger partial charge is 0.304 e. The summed E-state index contributed by atoms with van der Waals surface area (Å²) in [5.41, 5.74) is 1.63. The SMILES string of the molecule is CC(=N)/C=N\C=C(C)C. The molecule has 0 fully saturated rings. The van der Waals surface area contributed by atoms with E-state index in [0.29, 0.717) is 5.71 Å². The maximum absolute atomic E-state index is 6.96. The Bertz CT molecular complexity index is 150. The van der Waals surface area contributed by atoms with E-state index in [4.69, 9.17) is 5.41 Å². The summed E-state index contributed by atoms with van der Waals surface area (Å²) in [4.78, 5) is 3.86. The average Bonchev–Trinajstić information content (AvgIpc) is 1.63. The van der Waals surface area contributed by atoms with Gasteiger partial charge in [0, 0.05) is 18.1 Å². The lowest BCUT2D eigenvalue weighted by Crippen LogP contribution is -1.86. The van der Waals surface area contributed by atoms with Gasteiger partial charge in [0.25, 0.3) is 0 Å². The highest BCUT2D eigenvalue weighted by molar-refractivity contribution is 6.27. The number of rotatable bonds is 2. The molecule has 50 valence electrons. The predicted octanol–water partition coefficient (Wildman–Crippen LogP) is 2.02. The Balaban J connectivity index is 3.74. The first-order chi connectivity index (χ1) is 4.13. The van der Waals surface area contributed by atoms with Crippen LogP contribution in [0.25, 0.3) is 0 Å². The Morgan fingerprint density at radius 3 is 2.22 bits per heavy atom. The topological polar surface area (TPSA) is 36.2 Å². The molecule has 0 unspecified atom stereocenters. The fraction of sp³-hybridized carbons (Fsp3) is 0.429. The van der Waals surface area contributed by atoms with Crippen LogP contribution >= 0.6 is 0 Å². The molecule has 0 saturated carbocycles. The third-order valence-electron chi connectivity index (χ3n) is 0.601. The van der Waals surface area contributed by atoms with Crippen molar-refractivity contribution in [3.63, 3.8) is 0 Å². The fourth-order valence-corrected chi connectivity index (χ4v) is 0.298. The van der Waals surface area contributed by atoms with Gasteiger partial charge in [-0.25, -0.2) is 0 Å². The van der Waals surface area contributed by atoms with E-state index in [9.17, 15) is 0 Å². The summed E-state index contributed by atoms with van der Waals surface area (Å²) in [6.45, 7) is 5.63. The van der Waals surface area contributed by atoms with Gasteiger partial charge in [0.1, 0.15) is 0 Å². The van der Waals surface area contributed by atoms with Crippen LogP contribution in [0, 0.1) is 5.41 Å². The first-order valence-electron chi connectivity index (χ1n) is 2.84. The van der Waals surface area contributed by atoms with Gasteiger partial charge < -0.3 is 5.41 Å². The van der Waals surface area contributed by atoms with Crippen LogP contribution in [0.1, 0.15) is 20.8 Å². The molecule has 2 heteroatoms. The molecular formula is C7H12N2. The summed E-state index contributed by atoms with van der Waals surface area (Å²) < 4.78 is 0. The minimum Gasteiger partial charge on any atom is -0.304 e. The number of nitrogens with zero attached hydrogens (tertiary/aromatic N) is 1. The van der Waals surface area contributed by atoms with Crippen molar-refractivity contribution in [1.29, 1.82) is 5.41 Å². The van der Waals surface area contributed by atoms with Crippen molar-refractivity contribution in [2.45, 2.75) is 20.8 Å². The highest BCUT2D eigenvalue weighted by atomic mass is 14.7. The lowest BCUT2D eigenvalue weighted by atomic mass is 10.4. The van der Waals surface area contributed by atoms with Crippen molar-refractivity contribution in [2.24, 2.45) is 4.99 Å². The van der Waals surface area contributed by atoms with Crippen LogP contribution < -0.4 is 0 Å². The summed E-state index contributed by atoms with van der Waals surface area (Å²) >= 11 is 0. The van der Waals surface area contributed by atoms with Crippen molar-refractivity contribution in [3.05, 3.63) is 11.8 Å². The van der Waals surface area contributed by atoms with Gasteiger partial charge in [-0.15, -0.1) is 0 Å². The van der Waals surface area contributed by atoms with E-state index >= 15 is 0 Å². The Hall–Kier alpha value is -0.920. The molecule has 0 aliphatic heterocycles. The molecule has 0 radical (unpaired) electrons. The summed E-state index contributed by atoms with van der Waals surface area (Å²) in [5.74, 6) is 0. The van der Waals surface area contributed by atoms with Crippen molar-refractivity contribution < 1.29 is 0 Å². The summed E-state index contributed by atoms with van der Waals surface area (Å²) in [7, 11) is 0. The second-order valence-electron chi connectivity index (χ2n) is 2.17. The van der Waals surface area contributed by atoms with Crippen LogP contribution in [0.2, 0.25) is 0 Å². The monoisotopic (exact) mass is 124 g/mol. The number of allylic oxidation sites excluding steroid dienone is 1. The molecule has 0 bridgehead atoms. The van der Waals surface area contributed by atoms with Crippen LogP contribution in [0.4, 0.5) is 0 Å². The minimum atomic E-state index is 0.479. The zero-order valence-corrected chi connectivity index (χ0v) is 6.10. The second-order valence-corrected chi connectivity index (χ2v) is 2.17. The quantitative estimate of drug-likeness (QED) is 0.547. The summed E-state index contributed by atoms with van der Waals surface area (Å²) in [6.07, 6.45) is 3.26. The van der Waals surface area contributed by atoms with E-state index in [2.05, 4.69) is 4.99 Å². The molecule has 9 heavy (non-hydrogen) atoms. The fourth-order valence-electron chi connectivity index (χ4n) is 0.298. The second kappa shape index (κ2) is 4.01. The Labute approximate surface area is 55.8 Å². The third-order valence-corrected chi connectivity index (χ3v) is 0.601. The molecule has 0 heterocycles. The molecule has 0 aliphatic rings. The standard InChI is InChI=1S/C7H12N2/c1-6(2)4-9-5-7(3)8/h4-5,8H,1-3H3/b8-7?,9-5-. The lowest BCUT2D eigenvalue weighted by Gasteiger charge is -1.81. The first-order valence-corrected chi connectivity index (χ1v) is 2.84. The van der Waals surface area contributed by atoms with Crippen molar-refractivity contribution >= 4 is 11.9 Å². The van der Waals surface area contributed by atoms with Crippen LogP contribution in [-0.4, -0.2) is 11.9 Å². The molecule has 1 N–H and O–H groups in total. The molecule has 0 saturated heterocycles. The first kappa shape index (κ1) is 8.08. The van der Waals surface area contributed by atoms with Crippen LogP contribution in [-0.2, 0) is 0 Å². The summed E-state index contributed by atoms with van der Waals surface area (Å²) in [5, 5.41) is 6.96. The number of hydrogen-bond donors (Lipinski definition) is 1. The molecule has 0 spiro atoms. The molecule has 0 rings (SSSR count).